The highest BCUT2D eigenvalue weighted by molar-refractivity contribution is 6.00. The molecule has 4 heteroatoms. The predicted molar refractivity (Wildman–Crippen MR) is 96.5 cm³/mol. The number of imidazole rings is 1. The number of carbonyl (C=O) groups excluding carboxylic acids is 1. The van der Waals surface area contributed by atoms with Gasteiger partial charge in [-0.05, 0) is 23.1 Å². The van der Waals surface area contributed by atoms with Crippen LogP contribution in [-0.2, 0) is 0 Å². The molecule has 25 heavy (non-hydrogen) atoms. The Morgan fingerprint density at radius 1 is 1.00 bits per heavy atom. The van der Waals surface area contributed by atoms with E-state index < -0.39 is 0 Å². The molecule has 2 aromatic carbocycles. The van der Waals surface area contributed by atoms with Crippen LogP contribution in [0.4, 0.5) is 0 Å². The van der Waals surface area contributed by atoms with Crippen LogP contribution < -0.4 is 0 Å². The first-order valence-corrected chi connectivity index (χ1v) is 8.29. The van der Waals surface area contributed by atoms with E-state index in [0.29, 0.717) is 6.42 Å². The lowest BCUT2D eigenvalue weighted by Gasteiger charge is -2.14. The van der Waals surface area contributed by atoms with E-state index in [2.05, 4.69) is 26.7 Å². The van der Waals surface area contributed by atoms with Gasteiger partial charge in [-0.3, -0.25) is 9.78 Å². The highest BCUT2D eigenvalue weighted by Gasteiger charge is 2.29. The molecule has 1 aliphatic rings. The Morgan fingerprint density at radius 3 is 2.88 bits per heavy atom. The Labute approximate surface area is 144 Å². The van der Waals surface area contributed by atoms with Crippen LogP contribution in [0.3, 0.4) is 0 Å². The van der Waals surface area contributed by atoms with Crippen molar-refractivity contribution in [2.24, 2.45) is 0 Å². The van der Waals surface area contributed by atoms with Gasteiger partial charge in [-0.15, -0.1) is 0 Å². The SMILES string of the molecule is O=C(CC1c2ccccc2-c2cncn21)c1ccc2cnccc2c1. The summed E-state index contributed by atoms with van der Waals surface area (Å²) in [6, 6.07) is 16.0. The van der Waals surface area contributed by atoms with Crippen molar-refractivity contribution in [3.05, 3.63) is 84.6 Å². The zero-order valence-corrected chi connectivity index (χ0v) is 13.5. The molecule has 0 amide bonds. The number of fused-ring (bicyclic) bond motifs is 4. The third-order valence-electron chi connectivity index (χ3n) is 4.94. The summed E-state index contributed by atoms with van der Waals surface area (Å²) < 4.78 is 2.10. The van der Waals surface area contributed by atoms with E-state index in [1.54, 1.807) is 6.20 Å². The van der Waals surface area contributed by atoms with E-state index >= 15 is 0 Å². The van der Waals surface area contributed by atoms with Crippen molar-refractivity contribution >= 4 is 16.6 Å². The summed E-state index contributed by atoms with van der Waals surface area (Å²) in [4.78, 5) is 21.3. The van der Waals surface area contributed by atoms with Crippen molar-refractivity contribution in [3.63, 3.8) is 0 Å². The lowest BCUT2D eigenvalue weighted by molar-refractivity contribution is 0.0970. The zero-order valence-electron chi connectivity index (χ0n) is 13.5. The highest BCUT2D eigenvalue weighted by Crippen LogP contribution is 2.41. The highest BCUT2D eigenvalue weighted by atomic mass is 16.1. The Hall–Kier alpha value is -3.27. The van der Waals surface area contributed by atoms with Crippen LogP contribution in [0, 0.1) is 0 Å². The molecule has 1 unspecified atom stereocenters. The number of Topliss-reactive ketones (excluding diaryl/α,β-unsaturated/α-hetero) is 1. The van der Waals surface area contributed by atoms with E-state index in [0.717, 1.165) is 22.0 Å². The maximum absolute atomic E-state index is 12.9. The minimum Gasteiger partial charge on any atom is -0.322 e. The van der Waals surface area contributed by atoms with Gasteiger partial charge in [0.1, 0.15) is 0 Å². The Balaban J connectivity index is 1.51. The minimum absolute atomic E-state index is 0.00865. The van der Waals surface area contributed by atoms with Gasteiger partial charge in [-0.25, -0.2) is 4.98 Å². The number of rotatable bonds is 3. The van der Waals surface area contributed by atoms with Gasteiger partial charge in [0.05, 0.1) is 24.3 Å². The number of carbonyl (C=O) groups is 1. The Bertz CT molecular complexity index is 1110. The summed E-state index contributed by atoms with van der Waals surface area (Å²) in [5.74, 6) is 0.139. The quantitative estimate of drug-likeness (QED) is 0.528. The van der Waals surface area contributed by atoms with Crippen molar-refractivity contribution in [1.82, 2.24) is 14.5 Å². The van der Waals surface area contributed by atoms with E-state index in [-0.39, 0.29) is 11.8 Å². The van der Waals surface area contributed by atoms with Crippen molar-refractivity contribution in [2.45, 2.75) is 12.5 Å². The fourth-order valence-corrected chi connectivity index (χ4v) is 3.69. The van der Waals surface area contributed by atoms with E-state index in [1.807, 2.05) is 55.1 Å². The van der Waals surface area contributed by atoms with E-state index in [1.165, 1.54) is 11.1 Å². The average Bonchev–Trinajstić information content (AvgIpc) is 3.24. The van der Waals surface area contributed by atoms with Gasteiger partial charge in [0, 0.05) is 35.3 Å². The third-order valence-corrected chi connectivity index (χ3v) is 4.94. The summed E-state index contributed by atoms with van der Waals surface area (Å²) in [7, 11) is 0. The first kappa shape index (κ1) is 14.1. The van der Waals surface area contributed by atoms with Crippen LogP contribution in [0.1, 0.15) is 28.4 Å². The van der Waals surface area contributed by atoms with Crippen molar-refractivity contribution < 1.29 is 4.79 Å². The summed E-state index contributed by atoms with van der Waals surface area (Å²) in [5, 5.41) is 2.08. The van der Waals surface area contributed by atoms with Crippen LogP contribution in [0.2, 0.25) is 0 Å². The molecule has 0 bridgehead atoms. The molecule has 4 aromatic rings. The van der Waals surface area contributed by atoms with Gasteiger partial charge in [0.25, 0.3) is 0 Å². The van der Waals surface area contributed by atoms with Crippen molar-refractivity contribution in [2.75, 3.05) is 0 Å². The second kappa shape index (κ2) is 5.38. The fourth-order valence-electron chi connectivity index (χ4n) is 3.69. The number of ketones is 1. The molecule has 0 radical (unpaired) electrons. The van der Waals surface area contributed by atoms with Crippen LogP contribution in [0.15, 0.2) is 73.4 Å². The number of benzene rings is 2. The Morgan fingerprint density at radius 2 is 1.92 bits per heavy atom. The predicted octanol–water partition coefficient (Wildman–Crippen LogP) is 4.27. The Kier molecular flexibility index (Phi) is 3.04. The van der Waals surface area contributed by atoms with Crippen molar-refractivity contribution in [3.8, 4) is 11.3 Å². The van der Waals surface area contributed by atoms with Crippen molar-refractivity contribution in [1.29, 1.82) is 0 Å². The summed E-state index contributed by atoms with van der Waals surface area (Å²) in [6.07, 6.45) is 7.68. The molecule has 120 valence electrons. The lowest BCUT2D eigenvalue weighted by atomic mass is 9.96. The third kappa shape index (κ3) is 2.18. The lowest BCUT2D eigenvalue weighted by Crippen LogP contribution is -2.11. The topological polar surface area (TPSA) is 47.8 Å². The molecular formula is C21H15N3O. The van der Waals surface area contributed by atoms with Gasteiger partial charge in [0.15, 0.2) is 5.78 Å². The standard InChI is InChI=1S/C21H15N3O/c25-21(15-5-6-16-11-22-8-7-14(16)9-15)10-19-17-3-1-2-4-18(17)20-12-23-13-24(19)20/h1-9,11-13,19H,10H2. The molecule has 0 spiro atoms. The maximum Gasteiger partial charge on any atom is 0.165 e. The second-order valence-corrected chi connectivity index (χ2v) is 6.35. The normalized spacial score (nSPS) is 15.1. The van der Waals surface area contributed by atoms with E-state index in [9.17, 15) is 4.79 Å². The van der Waals surface area contributed by atoms with Gasteiger partial charge in [-0.1, -0.05) is 36.4 Å². The summed E-state index contributed by atoms with van der Waals surface area (Å²) in [6.45, 7) is 0. The van der Waals surface area contributed by atoms with Gasteiger partial charge >= 0.3 is 0 Å². The maximum atomic E-state index is 12.9. The number of hydrogen-bond donors (Lipinski definition) is 0. The molecule has 1 aliphatic heterocycles. The molecule has 0 saturated carbocycles. The molecular weight excluding hydrogens is 310 g/mol. The molecule has 1 atom stereocenters. The molecule has 0 aliphatic carbocycles. The van der Waals surface area contributed by atoms with E-state index in [4.69, 9.17) is 0 Å². The number of pyridine rings is 1. The number of aromatic nitrogens is 3. The zero-order chi connectivity index (χ0) is 16.8. The molecule has 0 fully saturated rings. The number of nitrogens with zero attached hydrogens (tertiary/aromatic N) is 3. The van der Waals surface area contributed by atoms with Gasteiger partial charge in [-0.2, -0.15) is 0 Å². The first-order valence-electron chi connectivity index (χ1n) is 8.29. The second-order valence-electron chi connectivity index (χ2n) is 6.35. The van der Waals surface area contributed by atoms with Crippen LogP contribution >= 0.6 is 0 Å². The summed E-state index contributed by atoms with van der Waals surface area (Å²) >= 11 is 0. The van der Waals surface area contributed by atoms with Gasteiger partial charge < -0.3 is 4.57 Å². The molecule has 3 heterocycles. The molecule has 5 rings (SSSR count). The monoisotopic (exact) mass is 325 g/mol. The van der Waals surface area contributed by atoms with Crippen LogP contribution in [0.25, 0.3) is 22.0 Å². The average molecular weight is 325 g/mol. The van der Waals surface area contributed by atoms with Gasteiger partial charge in [0.2, 0.25) is 0 Å². The summed E-state index contributed by atoms with van der Waals surface area (Å²) in [5.41, 5.74) is 4.18. The largest absolute Gasteiger partial charge is 0.322 e. The number of hydrogen-bond acceptors (Lipinski definition) is 3. The van der Waals surface area contributed by atoms with Crippen LogP contribution in [0.5, 0.6) is 0 Å². The fraction of sp³-hybridized carbons (Fsp3) is 0.0952. The molecule has 2 aromatic heterocycles. The molecule has 0 N–H and O–H groups in total. The molecule has 4 nitrogen and oxygen atoms in total. The smallest absolute Gasteiger partial charge is 0.165 e. The molecule has 0 saturated heterocycles. The first-order chi connectivity index (χ1) is 12.3. The minimum atomic E-state index is 0.00865. The van der Waals surface area contributed by atoms with Crippen LogP contribution in [-0.4, -0.2) is 20.3 Å².